The molecule has 0 amide bonds. The van der Waals surface area contributed by atoms with Gasteiger partial charge in [0.25, 0.3) is 0 Å². The van der Waals surface area contributed by atoms with E-state index >= 15 is 0 Å². The first kappa shape index (κ1) is 12.0. The average molecular weight is 192 g/mol. The van der Waals surface area contributed by atoms with E-state index in [9.17, 15) is 5.11 Å². The van der Waals surface area contributed by atoms with Crippen LogP contribution in [0.25, 0.3) is 0 Å². The Kier molecular flexibility index (Phi) is 4.55. The van der Waals surface area contributed by atoms with E-state index in [0.717, 1.165) is 5.57 Å². The van der Waals surface area contributed by atoms with E-state index < -0.39 is 14.2 Å². The molecule has 0 spiro atoms. The van der Waals surface area contributed by atoms with Crippen LogP contribution in [0.4, 0.5) is 0 Å². The van der Waals surface area contributed by atoms with Gasteiger partial charge < -0.3 is 5.11 Å². The molecule has 0 aromatic rings. The van der Waals surface area contributed by atoms with Crippen LogP contribution in [0.15, 0.2) is 11.6 Å². The van der Waals surface area contributed by atoms with Crippen LogP contribution in [0.2, 0.25) is 19.6 Å². The number of rotatable bonds is 1. The highest BCUT2D eigenvalue weighted by Crippen LogP contribution is 1.98. The second kappa shape index (κ2) is 4.92. The minimum Gasteiger partial charge on any atom is -0.377 e. The number of allylic oxidation sites excluding steroid dienone is 1. The molecule has 1 N–H and O–H groups in total. The summed E-state index contributed by atoms with van der Waals surface area (Å²) in [6, 6.07) is 0. The summed E-state index contributed by atoms with van der Waals surface area (Å²) in [5.74, 6) is 5.22. The highest BCUT2D eigenvalue weighted by atomic mass is 28.3. The first-order chi connectivity index (χ1) is 5.85. The molecule has 0 aromatic heterocycles. The molecular formula is C11H16OSi. The van der Waals surface area contributed by atoms with E-state index in [4.69, 9.17) is 6.42 Å². The van der Waals surface area contributed by atoms with Crippen LogP contribution < -0.4 is 0 Å². The summed E-state index contributed by atoms with van der Waals surface area (Å²) in [6.45, 7) is 8.17. The summed E-state index contributed by atoms with van der Waals surface area (Å²) in [7, 11) is -1.38. The maximum absolute atomic E-state index is 9.39. The Bertz CT molecular complexity index is 291. The van der Waals surface area contributed by atoms with Gasteiger partial charge in [-0.05, 0) is 18.6 Å². The second-order valence-electron chi connectivity index (χ2n) is 3.96. The van der Waals surface area contributed by atoms with Gasteiger partial charge in [0, 0.05) is 0 Å². The monoisotopic (exact) mass is 192 g/mol. The molecule has 0 aliphatic rings. The quantitative estimate of drug-likeness (QED) is 0.496. The first-order valence-electron chi connectivity index (χ1n) is 4.21. The molecule has 0 saturated carbocycles. The topological polar surface area (TPSA) is 20.2 Å². The highest BCUT2D eigenvalue weighted by molar-refractivity contribution is 6.83. The minimum atomic E-state index is -1.38. The zero-order valence-electron chi connectivity index (χ0n) is 8.68. The number of hydrogen-bond acceptors (Lipinski definition) is 1. The van der Waals surface area contributed by atoms with Gasteiger partial charge in [-0.3, -0.25) is 0 Å². The molecule has 0 heterocycles. The third-order valence-electron chi connectivity index (χ3n) is 1.23. The lowest BCUT2D eigenvalue weighted by molar-refractivity contribution is 0.280. The van der Waals surface area contributed by atoms with Crippen molar-refractivity contribution >= 4 is 8.07 Å². The summed E-state index contributed by atoms with van der Waals surface area (Å²) in [4.78, 5) is 0. The molecule has 70 valence electrons. The standard InChI is InChI=1S/C11H16OSi/c1-6-10(2)9-11(12)7-8-13(3,4)5/h1,9,11-12H,2-5H3/b10-9-. The molecule has 1 atom stereocenters. The fourth-order valence-electron chi connectivity index (χ4n) is 0.617. The molecule has 0 fully saturated rings. The van der Waals surface area contributed by atoms with Gasteiger partial charge in [-0.25, -0.2) is 0 Å². The zero-order valence-corrected chi connectivity index (χ0v) is 9.68. The molecule has 0 aliphatic carbocycles. The fourth-order valence-corrected chi connectivity index (χ4v) is 1.20. The van der Waals surface area contributed by atoms with Crippen molar-refractivity contribution in [1.82, 2.24) is 0 Å². The Morgan fingerprint density at radius 1 is 1.46 bits per heavy atom. The van der Waals surface area contributed by atoms with Crippen LogP contribution in [0, 0.1) is 23.8 Å². The Morgan fingerprint density at radius 3 is 2.38 bits per heavy atom. The average Bonchev–Trinajstić information content (AvgIpc) is 1.99. The van der Waals surface area contributed by atoms with E-state index in [0.29, 0.717) is 0 Å². The molecule has 0 aromatic carbocycles. The molecule has 1 nitrogen and oxygen atoms in total. The van der Waals surface area contributed by atoms with Crippen molar-refractivity contribution in [3.05, 3.63) is 11.6 Å². The second-order valence-corrected chi connectivity index (χ2v) is 8.71. The lowest BCUT2D eigenvalue weighted by Crippen LogP contribution is -2.17. The van der Waals surface area contributed by atoms with Crippen LogP contribution in [0.3, 0.4) is 0 Å². The Hall–Kier alpha value is -0.963. The normalized spacial score (nSPS) is 14.0. The van der Waals surface area contributed by atoms with Crippen molar-refractivity contribution in [2.45, 2.75) is 32.7 Å². The van der Waals surface area contributed by atoms with Gasteiger partial charge in [-0.15, -0.1) is 12.0 Å². The zero-order chi connectivity index (χ0) is 10.5. The molecule has 1 unspecified atom stereocenters. The van der Waals surface area contributed by atoms with Crippen molar-refractivity contribution in [1.29, 1.82) is 0 Å². The van der Waals surface area contributed by atoms with Gasteiger partial charge in [-0.2, -0.15) is 0 Å². The van der Waals surface area contributed by atoms with E-state index in [1.54, 1.807) is 13.0 Å². The summed E-state index contributed by atoms with van der Waals surface area (Å²) < 4.78 is 0. The van der Waals surface area contributed by atoms with Crippen molar-refractivity contribution in [3.63, 3.8) is 0 Å². The molecule has 2 heteroatoms. The van der Waals surface area contributed by atoms with Crippen LogP contribution in [-0.4, -0.2) is 19.3 Å². The molecule has 0 bridgehead atoms. The van der Waals surface area contributed by atoms with Crippen molar-refractivity contribution < 1.29 is 5.11 Å². The predicted octanol–water partition coefficient (Wildman–Crippen LogP) is 1.81. The van der Waals surface area contributed by atoms with Crippen LogP contribution in [-0.2, 0) is 0 Å². The largest absolute Gasteiger partial charge is 0.377 e. The van der Waals surface area contributed by atoms with Gasteiger partial charge in [0.05, 0.1) is 0 Å². The minimum absolute atomic E-state index is 0.720. The Balaban J connectivity index is 4.40. The first-order valence-corrected chi connectivity index (χ1v) is 7.71. The van der Waals surface area contributed by atoms with Crippen molar-refractivity contribution in [2.75, 3.05) is 0 Å². The summed E-state index contributed by atoms with van der Waals surface area (Å²) >= 11 is 0. The summed E-state index contributed by atoms with van der Waals surface area (Å²) in [6.07, 6.45) is 6.00. The van der Waals surface area contributed by atoms with Gasteiger partial charge in [0.15, 0.2) is 0 Å². The van der Waals surface area contributed by atoms with E-state index in [1.807, 2.05) is 0 Å². The third kappa shape index (κ3) is 7.40. The Labute approximate surface area is 81.9 Å². The van der Waals surface area contributed by atoms with Crippen molar-refractivity contribution in [2.24, 2.45) is 0 Å². The number of hydrogen-bond donors (Lipinski definition) is 1. The van der Waals surface area contributed by atoms with Gasteiger partial charge in [0.1, 0.15) is 14.2 Å². The summed E-state index contributed by atoms with van der Waals surface area (Å²) in [5.41, 5.74) is 3.80. The SMILES string of the molecule is C#C/C(C)=C\C(O)C#C[Si](C)(C)C. The van der Waals surface area contributed by atoms with Gasteiger partial charge in [-0.1, -0.05) is 31.5 Å². The van der Waals surface area contributed by atoms with Crippen LogP contribution in [0.5, 0.6) is 0 Å². The third-order valence-corrected chi connectivity index (χ3v) is 2.12. The molecule has 0 radical (unpaired) electrons. The molecule has 13 heavy (non-hydrogen) atoms. The maximum Gasteiger partial charge on any atom is 0.133 e. The molecule has 0 saturated heterocycles. The Morgan fingerprint density at radius 2 is 2.00 bits per heavy atom. The molecule has 0 rings (SSSR count). The van der Waals surface area contributed by atoms with E-state index in [-0.39, 0.29) is 0 Å². The summed E-state index contributed by atoms with van der Waals surface area (Å²) in [5, 5.41) is 9.39. The molecular weight excluding hydrogens is 176 g/mol. The fraction of sp³-hybridized carbons (Fsp3) is 0.455. The lowest BCUT2D eigenvalue weighted by Gasteiger charge is -2.04. The number of aliphatic hydroxyl groups excluding tert-OH is 1. The predicted molar refractivity (Wildman–Crippen MR) is 59.7 cm³/mol. The van der Waals surface area contributed by atoms with Crippen molar-refractivity contribution in [3.8, 4) is 23.8 Å². The smallest absolute Gasteiger partial charge is 0.133 e. The number of aliphatic hydroxyl groups is 1. The number of terminal acetylenes is 1. The molecule has 0 aliphatic heterocycles. The maximum atomic E-state index is 9.39. The van der Waals surface area contributed by atoms with Gasteiger partial charge >= 0.3 is 0 Å². The van der Waals surface area contributed by atoms with Crippen LogP contribution in [0.1, 0.15) is 6.92 Å². The van der Waals surface area contributed by atoms with E-state index in [1.165, 1.54) is 0 Å². The van der Waals surface area contributed by atoms with Crippen LogP contribution >= 0.6 is 0 Å². The van der Waals surface area contributed by atoms with Gasteiger partial charge in [0.2, 0.25) is 0 Å². The lowest BCUT2D eigenvalue weighted by atomic mass is 10.2. The van der Waals surface area contributed by atoms with E-state index in [2.05, 4.69) is 37.0 Å². The highest BCUT2D eigenvalue weighted by Gasteiger charge is 2.07.